The zero-order chi connectivity index (χ0) is 13.3. The molecule has 1 fully saturated rings. The summed E-state index contributed by atoms with van der Waals surface area (Å²) in [6.45, 7) is 6.84. The third-order valence-electron chi connectivity index (χ3n) is 4.93. The van der Waals surface area contributed by atoms with Crippen LogP contribution in [0.3, 0.4) is 0 Å². The number of nitrogens with one attached hydrogen (secondary N) is 1. The maximum absolute atomic E-state index is 5.54. The molecular formula is C16H25NO. The number of ether oxygens (including phenoxy) is 1. The second-order valence-corrected chi connectivity index (χ2v) is 5.73. The Morgan fingerprint density at radius 3 is 2.72 bits per heavy atom. The minimum Gasteiger partial charge on any atom is -0.496 e. The van der Waals surface area contributed by atoms with Crippen LogP contribution in [0.1, 0.15) is 43.7 Å². The number of rotatable bonds is 4. The molecule has 1 aromatic rings. The second-order valence-electron chi connectivity index (χ2n) is 5.73. The van der Waals surface area contributed by atoms with Crippen LogP contribution < -0.4 is 10.1 Å². The SMILES string of the molecule is CCC1(C)C(NC)CC1c1cc(C)ccc1OC. The van der Waals surface area contributed by atoms with Gasteiger partial charge in [-0.3, -0.25) is 0 Å². The molecule has 2 rings (SSSR count). The van der Waals surface area contributed by atoms with Gasteiger partial charge in [0.05, 0.1) is 7.11 Å². The van der Waals surface area contributed by atoms with Crippen molar-refractivity contribution in [3.05, 3.63) is 29.3 Å². The Morgan fingerprint density at radius 1 is 1.44 bits per heavy atom. The van der Waals surface area contributed by atoms with Gasteiger partial charge in [-0.2, -0.15) is 0 Å². The van der Waals surface area contributed by atoms with Crippen LogP contribution >= 0.6 is 0 Å². The first-order chi connectivity index (χ1) is 8.56. The lowest BCUT2D eigenvalue weighted by Crippen LogP contribution is -2.55. The van der Waals surface area contributed by atoms with Gasteiger partial charge < -0.3 is 10.1 Å². The first-order valence-corrected chi connectivity index (χ1v) is 6.88. The van der Waals surface area contributed by atoms with E-state index in [9.17, 15) is 0 Å². The van der Waals surface area contributed by atoms with Crippen molar-refractivity contribution in [3.63, 3.8) is 0 Å². The highest BCUT2D eigenvalue weighted by atomic mass is 16.5. The number of hydrogen-bond donors (Lipinski definition) is 1. The molecule has 2 heteroatoms. The van der Waals surface area contributed by atoms with Crippen molar-refractivity contribution in [2.45, 2.75) is 45.6 Å². The molecule has 0 bridgehead atoms. The van der Waals surface area contributed by atoms with Gasteiger partial charge in [-0.25, -0.2) is 0 Å². The van der Waals surface area contributed by atoms with E-state index in [-0.39, 0.29) is 0 Å². The molecule has 18 heavy (non-hydrogen) atoms. The van der Waals surface area contributed by atoms with Crippen LogP contribution in [0.2, 0.25) is 0 Å². The number of aryl methyl sites for hydroxylation is 1. The van der Waals surface area contributed by atoms with Crippen LogP contribution in [0, 0.1) is 12.3 Å². The highest BCUT2D eigenvalue weighted by molar-refractivity contribution is 5.42. The molecule has 1 aliphatic rings. The number of hydrogen-bond acceptors (Lipinski definition) is 2. The highest BCUT2D eigenvalue weighted by Gasteiger charge is 2.50. The summed E-state index contributed by atoms with van der Waals surface area (Å²) in [6, 6.07) is 7.15. The Bertz CT molecular complexity index is 429. The summed E-state index contributed by atoms with van der Waals surface area (Å²) in [5.41, 5.74) is 3.04. The average Bonchev–Trinajstić information content (AvgIpc) is 2.37. The molecule has 0 radical (unpaired) electrons. The Hall–Kier alpha value is -1.02. The van der Waals surface area contributed by atoms with Crippen molar-refractivity contribution in [2.75, 3.05) is 14.2 Å². The summed E-state index contributed by atoms with van der Waals surface area (Å²) in [5.74, 6) is 1.65. The lowest BCUT2D eigenvalue weighted by Gasteiger charge is -2.54. The minimum atomic E-state index is 0.343. The minimum absolute atomic E-state index is 0.343. The fraction of sp³-hybridized carbons (Fsp3) is 0.625. The second kappa shape index (κ2) is 4.93. The molecule has 1 N–H and O–H groups in total. The van der Waals surface area contributed by atoms with Gasteiger partial charge in [-0.05, 0) is 49.8 Å². The topological polar surface area (TPSA) is 21.3 Å². The van der Waals surface area contributed by atoms with E-state index < -0.39 is 0 Å². The normalized spacial score (nSPS) is 30.9. The summed E-state index contributed by atoms with van der Waals surface area (Å²) in [4.78, 5) is 0. The van der Waals surface area contributed by atoms with E-state index in [1.54, 1.807) is 7.11 Å². The highest BCUT2D eigenvalue weighted by Crippen LogP contribution is 2.56. The molecule has 0 aliphatic heterocycles. The molecule has 0 heterocycles. The Kier molecular flexibility index (Phi) is 3.67. The smallest absolute Gasteiger partial charge is 0.122 e. The summed E-state index contributed by atoms with van der Waals surface area (Å²) < 4.78 is 5.54. The van der Waals surface area contributed by atoms with E-state index in [0.29, 0.717) is 17.4 Å². The number of methoxy groups -OCH3 is 1. The summed E-state index contributed by atoms with van der Waals surface area (Å²) in [7, 11) is 3.84. The predicted molar refractivity (Wildman–Crippen MR) is 76.3 cm³/mol. The van der Waals surface area contributed by atoms with E-state index in [4.69, 9.17) is 4.74 Å². The van der Waals surface area contributed by atoms with Crippen LogP contribution in [0.5, 0.6) is 5.75 Å². The largest absolute Gasteiger partial charge is 0.496 e. The molecule has 0 amide bonds. The standard InChI is InChI=1S/C16H25NO/c1-6-16(3)13(10-15(16)17-4)12-9-11(2)7-8-14(12)18-5/h7-9,13,15,17H,6,10H2,1-5H3. The molecular weight excluding hydrogens is 222 g/mol. The molecule has 0 saturated heterocycles. The third-order valence-corrected chi connectivity index (χ3v) is 4.93. The van der Waals surface area contributed by atoms with Crippen molar-refractivity contribution in [2.24, 2.45) is 5.41 Å². The van der Waals surface area contributed by atoms with Gasteiger partial charge in [0.25, 0.3) is 0 Å². The fourth-order valence-electron chi connectivity index (χ4n) is 3.41. The van der Waals surface area contributed by atoms with E-state index in [1.165, 1.54) is 24.0 Å². The van der Waals surface area contributed by atoms with Crippen LogP contribution in [-0.2, 0) is 0 Å². The Balaban J connectivity index is 2.35. The first-order valence-electron chi connectivity index (χ1n) is 6.88. The fourth-order valence-corrected chi connectivity index (χ4v) is 3.41. The first kappa shape index (κ1) is 13.4. The van der Waals surface area contributed by atoms with Gasteiger partial charge in [-0.1, -0.05) is 31.5 Å². The lowest BCUT2D eigenvalue weighted by molar-refractivity contribution is 0.0480. The molecule has 100 valence electrons. The molecule has 1 aromatic carbocycles. The summed E-state index contributed by atoms with van der Waals surface area (Å²) in [6.07, 6.45) is 2.40. The van der Waals surface area contributed by atoms with Gasteiger partial charge in [0.15, 0.2) is 0 Å². The van der Waals surface area contributed by atoms with Gasteiger partial charge in [0.2, 0.25) is 0 Å². The predicted octanol–water partition coefficient (Wildman–Crippen LogP) is 3.50. The van der Waals surface area contributed by atoms with E-state index in [1.807, 2.05) is 0 Å². The molecule has 2 nitrogen and oxygen atoms in total. The van der Waals surface area contributed by atoms with Crippen LogP contribution in [0.25, 0.3) is 0 Å². The zero-order valence-electron chi connectivity index (χ0n) is 12.2. The Morgan fingerprint density at radius 2 is 2.17 bits per heavy atom. The lowest BCUT2D eigenvalue weighted by atomic mass is 9.54. The zero-order valence-corrected chi connectivity index (χ0v) is 12.2. The summed E-state index contributed by atoms with van der Waals surface area (Å²) >= 11 is 0. The summed E-state index contributed by atoms with van der Waals surface area (Å²) in [5, 5.41) is 3.45. The Labute approximate surface area is 111 Å². The van der Waals surface area contributed by atoms with Gasteiger partial charge in [0.1, 0.15) is 5.75 Å². The third kappa shape index (κ3) is 1.93. The number of benzene rings is 1. The van der Waals surface area contributed by atoms with Crippen LogP contribution in [0.4, 0.5) is 0 Å². The monoisotopic (exact) mass is 247 g/mol. The molecule has 0 spiro atoms. The van der Waals surface area contributed by atoms with Crippen molar-refractivity contribution in [3.8, 4) is 5.75 Å². The van der Waals surface area contributed by atoms with Gasteiger partial charge >= 0.3 is 0 Å². The molecule has 0 aromatic heterocycles. The maximum atomic E-state index is 5.54. The van der Waals surface area contributed by atoms with Crippen molar-refractivity contribution >= 4 is 0 Å². The maximum Gasteiger partial charge on any atom is 0.122 e. The molecule has 1 saturated carbocycles. The van der Waals surface area contributed by atoms with Crippen molar-refractivity contribution in [1.82, 2.24) is 5.32 Å². The average molecular weight is 247 g/mol. The van der Waals surface area contributed by atoms with Gasteiger partial charge in [-0.15, -0.1) is 0 Å². The van der Waals surface area contributed by atoms with Crippen molar-refractivity contribution < 1.29 is 4.74 Å². The molecule has 3 unspecified atom stereocenters. The van der Waals surface area contributed by atoms with E-state index in [0.717, 1.165) is 5.75 Å². The molecule has 1 aliphatic carbocycles. The van der Waals surface area contributed by atoms with E-state index in [2.05, 4.69) is 51.3 Å². The van der Waals surface area contributed by atoms with E-state index >= 15 is 0 Å². The van der Waals surface area contributed by atoms with Crippen LogP contribution in [0.15, 0.2) is 18.2 Å². The van der Waals surface area contributed by atoms with Crippen molar-refractivity contribution in [1.29, 1.82) is 0 Å². The van der Waals surface area contributed by atoms with Gasteiger partial charge in [0, 0.05) is 6.04 Å². The quantitative estimate of drug-likeness (QED) is 0.879. The van der Waals surface area contributed by atoms with Crippen LogP contribution in [-0.4, -0.2) is 20.2 Å². The molecule has 3 atom stereocenters.